The van der Waals surface area contributed by atoms with Crippen molar-refractivity contribution in [2.45, 2.75) is 57.8 Å². The summed E-state index contributed by atoms with van der Waals surface area (Å²) in [6.45, 7) is 4.61. The van der Waals surface area contributed by atoms with Crippen LogP contribution < -0.4 is 5.73 Å². The fraction of sp³-hybridized carbons (Fsp3) is 1.00. The third-order valence-electron chi connectivity index (χ3n) is 3.57. The fourth-order valence-electron chi connectivity index (χ4n) is 2.77. The Morgan fingerprint density at radius 3 is 2.18 bits per heavy atom. The molecule has 1 saturated heterocycles. The average molecular weight is 252 g/mol. The maximum Gasteiger partial charge on any atom is 0.405 e. The monoisotopic (exact) mass is 252 g/mol. The topological polar surface area (TPSA) is 29.3 Å². The number of hydrogen-bond acceptors (Lipinski definition) is 2. The van der Waals surface area contributed by atoms with Gasteiger partial charge in [-0.15, -0.1) is 0 Å². The number of halogens is 3. The van der Waals surface area contributed by atoms with Crippen molar-refractivity contribution in [1.29, 1.82) is 0 Å². The average Bonchev–Trinajstić information content (AvgIpc) is 2.18. The van der Waals surface area contributed by atoms with Crippen molar-refractivity contribution in [1.82, 2.24) is 4.90 Å². The second kappa shape index (κ2) is 6.05. The van der Waals surface area contributed by atoms with Crippen LogP contribution in [0.3, 0.4) is 0 Å². The molecule has 102 valence electrons. The summed E-state index contributed by atoms with van der Waals surface area (Å²) in [5.74, 6) is 0.596. The van der Waals surface area contributed by atoms with Crippen LogP contribution in [0, 0.1) is 5.92 Å². The van der Waals surface area contributed by atoms with Gasteiger partial charge in [0.1, 0.15) is 6.04 Å². The molecular weight excluding hydrogens is 229 g/mol. The normalized spacial score (nSPS) is 23.6. The molecule has 0 bridgehead atoms. The number of rotatable bonds is 4. The maximum atomic E-state index is 12.9. The van der Waals surface area contributed by atoms with Crippen LogP contribution >= 0.6 is 0 Å². The highest BCUT2D eigenvalue weighted by molar-refractivity contribution is 4.88. The molecule has 1 rings (SSSR count). The Kier molecular flexibility index (Phi) is 5.25. The van der Waals surface area contributed by atoms with Gasteiger partial charge in [0.25, 0.3) is 0 Å². The third kappa shape index (κ3) is 4.14. The molecular formula is C12H23F3N2. The Hall–Kier alpha value is -0.290. The van der Waals surface area contributed by atoms with E-state index in [2.05, 4.69) is 6.92 Å². The molecule has 0 amide bonds. The first-order valence-electron chi connectivity index (χ1n) is 6.42. The number of likely N-dealkylation sites (tertiary alicyclic amines) is 1. The van der Waals surface area contributed by atoms with Gasteiger partial charge in [-0.3, -0.25) is 4.90 Å². The van der Waals surface area contributed by atoms with Gasteiger partial charge in [-0.05, 0) is 38.8 Å². The van der Waals surface area contributed by atoms with E-state index >= 15 is 0 Å². The molecule has 1 heterocycles. The molecule has 0 spiro atoms. The molecule has 5 heteroatoms. The molecule has 0 aliphatic carbocycles. The lowest BCUT2D eigenvalue weighted by Crippen LogP contribution is -2.56. The highest BCUT2D eigenvalue weighted by atomic mass is 19.4. The van der Waals surface area contributed by atoms with Crippen molar-refractivity contribution >= 4 is 0 Å². The lowest BCUT2D eigenvalue weighted by molar-refractivity contribution is -0.191. The smallest absolute Gasteiger partial charge is 0.326 e. The second-order valence-corrected chi connectivity index (χ2v) is 5.11. The van der Waals surface area contributed by atoms with Crippen LogP contribution in [0.2, 0.25) is 0 Å². The second-order valence-electron chi connectivity index (χ2n) is 5.11. The van der Waals surface area contributed by atoms with Gasteiger partial charge in [-0.25, -0.2) is 0 Å². The summed E-state index contributed by atoms with van der Waals surface area (Å²) >= 11 is 0. The summed E-state index contributed by atoms with van der Waals surface area (Å²) in [5, 5.41) is 0. The first-order chi connectivity index (χ1) is 7.86. The van der Waals surface area contributed by atoms with E-state index in [0.29, 0.717) is 19.0 Å². The van der Waals surface area contributed by atoms with Crippen molar-refractivity contribution in [3.05, 3.63) is 0 Å². The van der Waals surface area contributed by atoms with E-state index in [0.717, 1.165) is 25.7 Å². The third-order valence-corrected chi connectivity index (χ3v) is 3.57. The Morgan fingerprint density at radius 1 is 1.29 bits per heavy atom. The molecule has 0 saturated carbocycles. The van der Waals surface area contributed by atoms with Gasteiger partial charge in [0.2, 0.25) is 0 Å². The zero-order chi connectivity index (χ0) is 13.1. The molecule has 2 atom stereocenters. The zero-order valence-corrected chi connectivity index (χ0v) is 10.6. The predicted molar refractivity (Wildman–Crippen MR) is 62.7 cm³/mol. The lowest BCUT2D eigenvalue weighted by atomic mass is 9.91. The van der Waals surface area contributed by atoms with E-state index in [4.69, 9.17) is 5.73 Å². The van der Waals surface area contributed by atoms with E-state index < -0.39 is 18.3 Å². The Balaban J connectivity index is 2.56. The summed E-state index contributed by atoms with van der Waals surface area (Å²) in [5.41, 5.74) is 5.49. The number of piperidine rings is 1. The lowest BCUT2D eigenvalue weighted by Gasteiger charge is -2.40. The van der Waals surface area contributed by atoms with Crippen molar-refractivity contribution in [2.75, 3.05) is 13.1 Å². The minimum absolute atomic E-state index is 0.524. The number of hydrogen-bond donors (Lipinski definition) is 1. The van der Waals surface area contributed by atoms with E-state index in [-0.39, 0.29) is 0 Å². The maximum absolute atomic E-state index is 12.9. The SMILES string of the molecule is CCCC1CCN(C(C(C)N)C(F)(F)F)CC1. The Labute approximate surface area is 101 Å². The van der Waals surface area contributed by atoms with Crippen molar-refractivity contribution in [2.24, 2.45) is 11.7 Å². The van der Waals surface area contributed by atoms with E-state index in [1.54, 1.807) is 0 Å². The molecule has 0 radical (unpaired) electrons. The standard InChI is InChI=1S/C12H23F3N2/c1-3-4-10-5-7-17(8-6-10)11(9(2)16)12(13,14)15/h9-11H,3-8,16H2,1-2H3. The minimum atomic E-state index is -4.22. The molecule has 0 aromatic carbocycles. The molecule has 2 unspecified atom stereocenters. The van der Waals surface area contributed by atoms with Gasteiger partial charge in [0.15, 0.2) is 0 Å². The summed E-state index contributed by atoms with van der Waals surface area (Å²) in [7, 11) is 0. The summed E-state index contributed by atoms with van der Waals surface area (Å²) in [4.78, 5) is 1.51. The van der Waals surface area contributed by atoms with Gasteiger partial charge in [-0.1, -0.05) is 19.8 Å². The van der Waals surface area contributed by atoms with Crippen LogP contribution in [0.25, 0.3) is 0 Å². The zero-order valence-electron chi connectivity index (χ0n) is 10.6. The molecule has 2 nitrogen and oxygen atoms in total. The Bertz CT molecular complexity index is 220. The summed E-state index contributed by atoms with van der Waals surface area (Å²) < 4.78 is 38.6. The van der Waals surface area contributed by atoms with Crippen LogP contribution in [-0.4, -0.2) is 36.2 Å². The van der Waals surface area contributed by atoms with E-state index in [1.165, 1.54) is 11.8 Å². The number of nitrogens with zero attached hydrogens (tertiary/aromatic N) is 1. The van der Waals surface area contributed by atoms with Crippen LogP contribution in [-0.2, 0) is 0 Å². The molecule has 1 aliphatic heterocycles. The first-order valence-corrected chi connectivity index (χ1v) is 6.42. The molecule has 1 fully saturated rings. The molecule has 2 N–H and O–H groups in total. The van der Waals surface area contributed by atoms with Crippen LogP contribution in [0.5, 0.6) is 0 Å². The van der Waals surface area contributed by atoms with Gasteiger partial charge < -0.3 is 5.73 Å². The molecule has 17 heavy (non-hydrogen) atoms. The summed E-state index contributed by atoms with van der Waals surface area (Å²) in [6.07, 6.45) is -0.241. The highest BCUT2D eigenvalue weighted by Gasteiger charge is 2.46. The van der Waals surface area contributed by atoms with Gasteiger partial charge in [0, 0.05) is 6.04 Å². The number of nitrogens with two attached hydrogens (primary N) is 1. The fourth-order valence-corrected chi connectivity index (χ4v) is 2.77. The minimum Gasteiger partial charge on any atom is -0.326 e. The quantitative estimate of drug-likeness (QED) is 0.833. The predicted octanol–water partition coefficient (Wildman–Crippen LogP) is 2.78. The van der Waals surface area contributed by atoms with Crippen LogP contribution in [0.15, 0.2) is 0 Å². The van der Waals surface area contributed by atoms with E-state index in [9.17, 15) is 13.2 Å². The first kappa shape index (κ1) is 14.8. The van der Waals surface area contributed by atoms with Crippen molar-refractivity contribution in [3.8, 4) is 0 Å². The summed E-state index contributed by atoms with van der Waals surface area (Å²) in [6, 6.07) is -2.34. The van der Waals surface area contributed by atoms with Crippen molar-refractivity contribution < 1.29 is 13.2 Å². The Morgan fingerprint density at radius 2 is 1.82 bits per heavy atom. The van der Waals surface area contributed by atoms with Crippen molar-refractivity contribution in [3.63, 3.8) is 0 Å². The van der Waals surface area contributed by atoms with Crippen LogP contribution in [0.4, 0.5) is 13.2 Å². The largest absolute Gasteiger partial charge is 0.405 e. The van der Waals surface area contributed by atoms with Gasteiger partial charge in [-0.2, -0.15) is 13.2 Å². The molecule has 0 aromatic rings. The number of alkyl halides is 3. The highest BCUT2D eigenvalue weighted by Crippen LogP contribution is 2.31. The van der Waals surface area contributed by atoms with Crippen LogP contribution in [0.1, 0.15) is 39.5 Å². The molecule has 0 aromatic heterocycles. The van der Waals surface area contributed by atoms with E-state index in [1.807, 2.05) is 0 Å². The van der Waals surface area contributed by atoms with Gasteiger partial charge in [0.05, 0.1) is 0 Å². The van der Waals surface area contributed by atoms with Gasteiger partial charge >= 0.3 is 6.18 Å². The molecule has 1 aliphatic rings.